The number of nitrogens with two attached hydrogens (primary N) is 1. The molecule has 0 spiro atoms. The maximum Gasteiger partial charge on any atom is 0.196 e. The van der Waals surface area contributed by atoms with Crippen LogP contribution in [-0.2, 0) is 13.0 Å². The molecule has 0 saturated carbocycles. The number of benzene rings is 1. The summed E-state index contributed by atoms with van der Waals surface area (Å²) in [4.78, 5) is 16.4. The van der Waals surface area contributed by atoms with Gasteiger partial charge in [-0.2, -0.15) is 0 Å². The van der Waals surface area contributed by atoms with Crippen molar-refractivity contribution in [3.63, 3.8) is 0 Å². The van der Waals surface area contributed by atoms with Gasteiger partial charge in [-0.15, -0.1) is 11.3 Å². The largest absolute Gasteiger partial charge is 0.390 e. The van der Waals surface area contributed by atoms with Crippen molar-refractivity contribution in [3.8, 4) is 0 Å². The van der Waals surface area contributed by atoms with Crippen molar-refractivity contribution in [2.45, 2.75) is 26.3 Å². The minimum atomic E-state index is 0.0644. The standard InChI is InChI=1S/C17H20N2OS/c1-2-9-19-10-8-13-14(11-19)21-17(18)15(13)16(20)12-6-4-3-5-7-12/h3-7H,2,8-11,18H2,1H3. The highest BCUT2D eigenvalue weighted by Gasteiger charge is 2.27. The average molecular weight is 300 g/mol. The summed E-state index contributed by atoms with van der Waals surface area (Å²) in [6.07, 6.45) is 2.09. The number of carbonyl (C=O) groups is 1. The molecule has 2 heterocycles. The number of carbonyl (C=O) groups excluding carboxylic acids is 1. The molecule has 3 rings (SSSR count). The third-order valence-electron chi connectivity index (χ3n) is 3.97. The number of nitrogens with zero attached hydrogens (tertiary/aromatic N) is 1. The van der Waals surface area contributed by atoms with Crippen molar-refractivity contribution < 1.29 is 4.79 Å². The molecule has 0 fully saturated rings. The van der Waals surface area contributed by atoms with Crippen molar-refractivity contribution in [3.05, 3.63) is 51.9 Å². The monoisotopic (exact) mass is 300 g/mol. The number of hydrogen-bond acceptors (Lipinski definition) is 4. The summed E-state index contributed by atoms with van der Waals surface area (Å²) in [6.45, 7) is 5.26. The Bertz CT molecular complexity index is 648. The molecule has 4 heteroatoms. The van der Waals surface area contributed by atoms with Crippen molar-refractivity contribution in [2.75, 3.05) is 18.8 Å². The molecule has 0 radical (unpaired) electrons. The first-order valence-corrected chi connectivity index (χ1v) is 8.24. The fourth-order valence-corrected chi connectivity index (χ4v) is 4.13. The lowest BCUT2D eigenvalue weighted by Gasteiger charge is -2.26. The molecule has 1 aliphatic heterocycles. The zero-order valence-electron chi connectivity index (χ0n) is 12.3. The fraction of sp³-hybridized carbons (Fsp3) is 0.353. The summed E-state index contributed by atoms with van der Waals surface area (Å²) in [5.41, 5.74) is 8.81. The Balaban J connectivity index is 1.93. The second-order valence-electron chi connectivity index (χ2n) is 5.46. The predicted octanol–water partition coefficient (Wildman–Crippen LogP) is 3.33. The summed E-state index contributed by atoms with van der Waals surface area (Å²) in [7, 11) is 0. The highest BCUT2D eigenvalue weighted by Crippen LogP contribution is 2.36. The summed E-state index contributed by atoms with van der Waals surface area (Å²) >= 11 is 1.58. The molecule has 0 atom stereocenters. The molecule has 0 amide bonds. The van der Waals surface area contributed by atoms with E-state index in [2.05, 4.69) is 11.8 Å². The Hall–Kier alpha value is -1.65. The Morgan fingerprint density at radius 3 is 2.81 bits per heavy atom. The van der Waals surface area contributed by atoms with Gasteiger partial charge in [0.25, 0.3) is 0 Å². The van der Waals surface area contributed by atoms with E-state index in [4.69, 9.17) is 5.73 Å². The molecular weight excluding hydrogens is 280 g/mol. The molecule has 1 aromatic heterocycles. The van der Waals surface area contributed by atoms with Crippen LogP contribution in [0.4, 0.5) is 5.00 Å². The number of nitrogen functional groups attached to an aromatic ring is 1. The van der Waals surface area contributed by atoms with Crippen LogP contribution in [0.25, 0.3) is 0 Å². The molecule has 110 valence electrons. The van der Waals surface area contributed by atoms with Crippen molar-refractivity contribution in [1.82, 2.24) is 4.90 Å². The highest BCUT2D eigenvalue weighted by molar-refractivity contribution is 7.16. The van der Waals surface area contributed by atoms with Gasteiger partial charge in [0.05, 0.1) is 10.6 Å². The number of fused-ring (bicyclic) bond motifs is 1. The van der Waals surface area contributed by atoms with E-state index < -0.39 is 0 Å². The van der Waals surface area contributed by atoms with Crippen LogP contribution in [0.3, 0.4) is 0 Å². The number of thiophene rings is 1. The second-order valence-corrected chi connectivity index (χ2v) is 6.60. The van der Waals surface area contributed by atoms with Gasteiger partial charge in [-0.1, -0.05) is 37.3 Å². The summed E-state index contributed by atoms with van der Waals surface area (Å²) in [6, 6.07) is 9.43. The summed E-state index contributed by atoms with van der Waals surface area (Å²) in [5, 5.41) is 0.673. The first-order valence-electron chi connectivity index (χ1n) is 7.42. The number of anilines is 1. The Labute approximate surface area is 129 Å². The molecule has 1 aliphatic rings. The minimum absolute atomic E-state index is 0.0644. The molecule has 21 heavy (non-hydrogen) atoms. The van der Waals surface area contributed by atoms with Gasteiger partial charge >= 0.3 is 0 Å². The third kappa shape index (κ3) is 2.74. The van der Waals surface area contributed by atoms with Crippen LogP contribution in [0.1, 0.15) is 39.7 Å². The maximum absolute atomic E-state index is 12.7. The quantitative estimate of drug-likeness (QED) is 0.881. The Morgan fingerprint density at radius 2 is 2.10 bits per heavy atom. The molecule has 3 nitrogen and oxygen atoms in total. The van der Waals surface area contributed by atoms with Crippen LogP contribution in [-0.4, -0.2) is 23.8 Å². The van der Waals surface area contributed by atoms with E-state index >= 15 is 0 Å². The van der Waals surface area contributed by atoms with E-state index in [0.29, 0.717) is 5.00 Å². The molecule has 2 N–H and O–H groups in total. The highest BCUT2D eigenvalue weighted by atomic mass is 32.1. The average Bonchev–Trinajstić information content (AvgIpc) is 2.83. The summed E-state index contributed by atoms with van der Waals surface area (Å²) < 4.78 is 0. The number of hydrogen-bond donors (Lipinski definition) is 1. The Kier molecular flexibility index (Phi) is 4.08. The smallest absolute Gasteiger partial charge is 0.196 e. The first kappa shape index (κ1) is 14.3. The van der Waals surface area contributed by atoms with Crippen molar-refractivity contribution >= 4 is 22.1 Å². The van der Waals surface area contributed by atoms with Gasteiger partial charge in [0.2, 0.25) is 0 Å². The lowest BCUT2D eigenvalue weighted by atomic mass is 9.96. The van der Waals surface area contributed by atoms with Crippen LogP contribution in [0.15, 0.2) is 30.3 Å². The van der Waals surface area contributed by atoms with Crippen LogP contribution < -0.4 is 5.73 Å². The van der Waals surface area contributed by atoms with Gasteiger partial charge < -0.3 is 5.73 Å². The molecule has 0 bridgehead atoms. The molecular formula is C17H20N2OS. The zero-order valence-corrected chi connectivity index (χ0v) is 13.1. The van der Waals surface area contributed by atoms with Gasteiger partial charge in [0.1, 0.15) is 0 Å². The SMILES string of the molecule is CCCN1CCc2c(sc(N)c2C(=O)c2ccccc2)C1. The number of ketones is 1. The van der Waals surface area contributed by atoms with Gasteiger partial charge in [0.15, 0.2) is 5.78 Å². The first-order chi connectivity index (χ1) is 10.2. The second kappa shape index (κ2) is 6.00. The van der Waals surface area contributed by atoms with E-state index in [-0.39, 0.29) is 5.78 Å². The van der Waals surface area contributed by atoms with Crippen LogP contribution >= 0.6 is 11.3 Å². The predicted molar refractivity (Wildman–Crippen MR) is 87.9 cm³/mol. The minimum Gasteiger partial charge on any atom is -0.390 e. The fourth-order valence-electron chi connectivity index (χ4n) is 2.97. The molecule has 0 unspecified atom stereocenters. The van der Waals surface area contributed by atoms with Crippen molar-refractivity contribution in [1.29, 1.82) is 0 Å². The Morgan fingerprint density at radius 1 is 1.33 bits per heavy atom. The summed E-state index contributed by atoms with van der Waals surface area (Å²) in [5.74, 6) is 0.0644. The van der Waals surface area contributed by atoms with Crippen molar-refractivity contribution in [2.24, 2.45) is 0 Å². The van der Waals surface area contributed by atoms with E-state index in [1.54, 1.807) is 11.3 Å². The zero-order chi connectivity index (χ0) is 14.8. The third-order valence-corrected chi connectivity index (χ3v) is 5.01. The molecule has 0 saturated heterocycles. The van der Waals surface area contributed by atoms with E-state index in [0.717, 1.165) is 43.6 Å². The van der Waals surface area contributed by atoms with Crippen LogP contribution in [0.5, 0.6) is 0 Å². The lowest BCUT2D eigenvalue weighted by molar-refractivity contribution is 0.103. The molecule has 0 aliphatic carbocycles. The van der Waals surface area contributed by atoms with E-state index in [1.807, 2.05) is 30.3 Å². The van der Waals surface area contributed by atoms with E-state index in [9.17, 15) is 4.79 Å². The van der Waals surface area contributed by atoms with E-state index in [1.165, 1.54) is 10.4 Å². The van der Waals surface area contributed by atoms with Gasteiger partial charge in [-0.25, -0.2) is 0 Å². The van der Waals surface area contributed by atoms with Gasteiger partial charge in [0, 0.05) is 23.5 Å². The normalized spacial score (nSPS) is 14.9. The van der Waals surface area contributed by atoms with Gasteiger partial charge in [-0.3, -0.25) is 9.69 Å². The molecule has 1 aromatic carbocycles. The maximum atomic E-state index is 12.7. The number of rotatable bonds is 4. The van der Waals surface area contributed by atoms with Crippen LogP contribution in [0, 0.1) is 0 Å². The van der Waals surface area contributed by atoms with Crippen LogP contribution in [0.2, 0.25) is 0 Å². The topological polar surface area (TPSA) is 46.3 Å². The molecule has 2 aromatic rings. The van der Waals surface area contributed by atoms with Gasteiger partial charge in [-0.05, 0) is 24.9 Å². The lowest BCUT2D eigenvalue weighted by Crippen LogP contribution is -2.30.